The van der Waals surface area contributed by atoms with E-state index >= 15 is 0 Å². The summed E-state index contributed by atoms with van der Waals surface area (Å²) in [4.78, 5) is 12.3. The molecule has 6 nitrogen and oxygen atoms in total. The normalized spacial score (nSPS) is 12.6. The van der Waals surface area contributed by atoms with Gasteiger partial charge in [-0.05, 0) is 31.6 Å². The summed E-state index contributed by atoms with van der Waals surface area (Å²) < 4.78 is 0. The zero-order chi connectivity index (χ0) is 15.7. The second-order valence-corrected chi connectivity index (χ2v) is 5.02. The number of nitro groups is 1. The van der Waals surface area contributed by atoms with Gasteiger partial charge in [0, 0.05) is 25.2 Å². The highest BCUT2D eigenvalue weighted by Crippen LogP contribution is 2.11. The zero-order valence-electron chi connectivity index (χ0n) is 12.8. The number of hydrogen-bond donors (Lipinski definition) is 2. The average Bonchev–Trinajstić information content (AvgIpc) is 2.49. The molecule has 118 valence electrons. The van der Waals surface area contributed by atoms with Crippen LogP contribution in [0.2, 0.25) is 0 Å². The number of nitro benzene ring substituents is 1. The lowest BCUT2D eigenvalue weighted by Gasteiger charge is -2.22. The third kappa shape index (κ3) is 6.66. The molecule has 0 heterocycles. The first-order valence-corrected chi connectivity index (χ1v) is 7.41. The second-order valence-electron chi connectivity index (χ2n) is 5.02. The fraction of sp³-hybridized carbons (Fsp3) is 0.600. The largest absolute Gasteiger partial charge is 0.390 e. The SMILES string of the molecule is CCN(CC)CC(O)CNCCc1ccc([N+](=O)[O-])cc1. The second kappa shape index (κ2) is 9.44. The van der Waals surface area contributed by atoms with Gasteiger partial charge in [0.1, 0.15) is 0 Å². The van der Waals surface area contributed by atoms with Crippen LogP contribution in [0, 0.1) is 10.1 Å². The molecule has 0 aliphatic heterocycles. The molecule has 0 aromatic heterocycles. The summed E-state index contributed by atoms with van der Waals surface area (Å²) in [5, 5.41) is 23.7. The van der Waals surface area contributed by atoms with Crippen LogP contribution in [-0.2, 0) is 6.42 Å². The summed E-state index contributed by atoms with van der Waals surface area (Å²) in [6.45, 7) is 8.03. The molecule has 1 unspecified atom stereocenters. The van der Waals surface area contributed by atoms with E-state index in [4.69, 9.17) is 0 Å². The number of nitrogens with one attached hydrogen (secondary N) is 1. The van der Waals surface area contributed by atoms with Gasteiger partial charge in [-0.2, -0.15) is 0 Å². The predicted molar refractivity (Wildman–Crippen MR) is 83.5 cm³/mol. The number of nitrogens with zero attached hydrogens (tertiary/aromatic N) is 2. The monoisotopic (exact) mass is 295 g/mol. The molecule has 1 aromatic carbocycles. The number of rotatable bonds is 10. The van der Waals surface area contributed by atoms with Gasteiger partial charge in [-0.15, -0.1) is 0 Å². The summed E-state index contributed by atoms with van der Waals surface area (Å²) in [7, 11) is 0. The third-order valence-corrected chi connectivity index (χ3v) is 3.48. The lowest BCUT2D eigenvalue weighted by molar-refractivity contribution is -0.384. The highest BCUT2D eigenvalue weighted by Gasteiger charge is 2.08. The Morgan fingerprint density at radius 1 is 1.29 bits per heavy atom. The minimum absolute atomic E-state index is 0.112. The molecule has 1 rings (SSSR count). The van der Waals surface area contributed by atoms with E-state index in [0.29, 0.717) is 13.1 Å². The van der Waals surface area contributed by atoms with Crippen molar-refractivity contribution in [2.24, 2.45) is 0 Å². The van der Waals surface area contributed by atoms with Gasteiger partial charge in [0.2, 0.25) is 0 Å². The Balaban J connectivity index is 2.23. The molecule has 0 saturated carbocycles. The van der Waals surface area contributed by atoms with Crippen molar-refractivity contribution >= 4 is 5.69 Å². The Morgan fingerprint density at radius 2 is 1.90 bits per heavy atom. The zero-order valence-corrected chi connectivity index (χ0v) is 12.8. The van der Waals surface area contributed by atoms with Gasteiger partial charge in [-0.3, -0.25) is 10.1 Å². The first-order valence-electron chi connectivity index (χ1n) is 7.41. The number of aliphatic hydroxyl groups is 1. The summed E-state index contributed by atoms with van der Waals surface area (Å²) in [6, 6.07) is 6.58. The van der Waals surface area contributed by atoms with Gasteiger partial charge in [0.05, 0.1) is 11.0 Å². The molecule has 2 N–H and O–H groups in total. The lowest BCUT2D eigenvalue weighted by Crippen LogP contribution is -2.38. The van der Waals surface area contributed by atoms with E-state index in [-0.39, 0.29) is 11.8 Å². The van der Waals surface area contributed by atoms with Crippen molar-refractivity contribution < 1.29 is 10.0 Å². The van der Waals surface area contributed by atoms with Crippen LogP contribution in [-0.4, -0.2) is 53.8 Å². The molecule has 0 aliphatic rings. The van der Waals surface area contributed by atoms with E-state index in [9.17, 15) is 15.2 Å². The van der Waals surface area contributed by atoms with Gasteiger partial charge >= 0.3 is 0 Å². The Bertz CT molecular complexity index is 419. The van der Waals surface area contributed by atoms with E-state index in [1.807, 2.05) is 0 Å². The van der Waals surface area contributed by atoms with E-state index in [1.54, 1.807) is 12.1 Å². The molecule has 0 bridgehead atoms. The third-order valence-electron chi connectivity index (χ3n) is 3.48. The van der Waals surface area contributed by atoms with Crippen LogP contribution >= 0.6 is 0 Å². The fourth-order valence-corrected chi connectivity index (χ4v) is 2.13. The number of non-ortho nitro benzene ring substituents is 1. The molecule has 1 aromatic rings. The summed E-state index contributed by atoms with van der Waals surface area (Å²) >= 11 is 0. The molecular weight excluding hydrogens is 270 g/mol. The van der Waals surface area contributed by atoms with Crippen molar-refractivity contribution in [2.45, 2.75) is 26.4 Å². The predicted octanol–water partition coefficient (Wildman–Crippen LogP) is 1.43. The number of aliphatic hydroxyl groups excluding tert-OH is 1. The van der Waals surface area contributed by atoms with Crippen molar-refractivity contribution in [1.29, 1.82) is 0 Å². The van der Waals surface area contributed by atoms with Gasteiger partial charge in [-0.25, -0.2) is 0 Å². The van der Waals surface area contributed by atoms with Crippen LogP contribution in [0.1, 0.15) is 19.4 Å². The standard InChI is InChI=1S/C15H25N3O3/c1-3-17(4-2)12-15(19)11-16-10-9-13-5-7-14(8-6-13)18(20)21/h5-8,15-16,19H,3-4,9-12H2,1-2H3. The van der Waals surface area contributed by atoms with Crippen LogP contribution < -0.4 is 5.32 Å². The highest BCUT2D eigenvalue weighted by molar-refractivity contribution is 5.32. The van der Waals surface area contributed by atoms with Crippen molar-refractivity contribution in [1.82, 2.24) is 10.2 Å². The van der Waals surface area contributed by atoms with E-state index in [2.05, 4.69) is 24.1 Å². The molecule has 6 heteroatoms. The minimum Gasteiger partial charge on any atom is -0.390 e. The van der Waals surface area contributed by atoms with E-state index < -0.39 is 4.92 Å². The van der Waals surface area contributed by atoms with Crippen LogP contribution in [0.25, 0.3) is 0 Å². The topological polar surface area (TPSA) is 78.6 Å². The molecule has 21 heavy (non-hydrogen) atoms. The number of likely N-dealkylation sites (N-methyl/N-ethyl adjacent to an activating group) is 1. The van der Waals surface area contributed by atoms with Crippen LogP contribution in [0.5, 0.6) is 0 Å². The Kier molecular flexibility index (Phi) is 7.89. The molecule has 0 radical (unpaired) electrons. The molecule has 0 spiro atoms. The van der Waals surface area contributed by atoms with Crippen LogP contribution in [0.15, 0.2) is 24.3 Å². The maximum Gasteiger partial charge on any atom is 0.269 e. The van der Waals surface area contributed by atoms with Crippen molar-refractivity contribution in [3.63, 3.8) is 0 Å². The van der Waals surface area contributed by atoms with Crippen molar-refractivity contribution in [3.8, 4) is 0 Å². The smallest absolute Gasteiger partial charge is 0.269 e. The molecule has 0 fully saturated rings. The molecule has 0 amide bonds. The highest BCUT2D eigenvalue weighted by atomic mass is 16.6. The first kappa shape index (κ1) is 17.6. The fourth-order valence-electron chi connectivity index (χ4n) is 2.13. The van der Waals surface area contributed by atoms with Crippen molar-refractivity contribution in [2.75, 3.05) is 32.7 Å². The molecule has 1 atom stereocenters. The molecule has 0 saturated heterocycles. The van der Waals surface area contributed by atoms with E-state index in [0.717, 1.165) is 31.6 Å². The Morgan fingerprint density at radius 3 is 2.43 bits per heavy atom. The number of hydrogen-bond acceptors (Lipinski definition) is 5. The summed E-state index contributed by atoms with van der Waals surface area (Å²) in [5.41, 5.74) is 1.16. The van der Waals surface area contributed by atoms with E-state index in [1.165, 1.54) is 12.1 Å². The summed E-state index contributed by atoms with van der Waals surface area (Å²) in [5.74, 6) is 0. The van der Waals surface area contributed by atoms with Crippen LogP contribution in [0.3, 0.4) is 0 Å². The van der Waals surface area contributed by atoms with Crippen LogP contribution in [0.4, 0.5) is 5.69 Å². The minimum atomic E-state index is -0.397. The molecule has 0 aliphatic carbocycles. The average molecular weight is 295 g/mol. The molecular formula is C15H25N3O3. The quantitative estimate of drug-likeness (QED) is 0.388. The van der Waals surface area contributed by atoms with Crippen molar-refractivity contribution in [3.05, 3.63) is 39.9 Å². The van der Waals surface area contributed by atoms with Gasteiger partial charge in [-0.1, -0.05) is 26.0 Å². The summed E-state index contributed by atoms with van der Waals surface area (Å²) in [6.07, 6.45) is 0.414. The lowest BCUT2D eigenvalue weighted by atomic mass is 10.1. The maximum absolute atomic E-state index is 10.5. The first-order chi connectivity index (χ1) is 10.1. The van der Waals surface area contributed by atoms with Gasteiger partial charge in [0.25, 0.3) is 5.69 Å². The maximum atomic E-state index is 10.5. The van der Waals surface area contributed by atoms with Gasteiger partial charge < -0.3 is 15.3 Å². The van der Waals surface area contributed by atoms with Gasteiger partial charge in [0.15, 0.2) is 0 Å². The number of benzene rings is 1. The Labute approximate surface area is 125 Å². The Hall–Kier alpha value is -1.50.